The summed E-state index contributed by atoms with van der Waals surface area (Å²) >= 11 is 8.26. The van der Waals surface area contributed by atoms with Crippen LogP contribution in [0.5, 0.6) is 11.5 Å². The normalized spacial score (nSPS) is 15.7. The van der Waals surface area contributed by atoms with Gasteiger partial charge in [0.1, 0.15) is 0 Å². The minimum Gasteiger partial charge on any atom is -0.451 e. The molecule has 0 aliphatic carbocycles. The number of aromatic nitrogens is 1. The first kappa shape index (κ1) is 15.6. The second-order valence-corrected chi connectivity index (χ2v) is 7.06. The molecule has 0 radical (unpaired) electrons. The van der Waals surface area contributed by atoms with E-state index < -0.39 is 0 Å². The van der Waals surface area contributed by atoms with Gasteiger partial charge in [-0.15, -0.1) is 0 Å². The zero-order chi connectivity index (χ0) is 16.8. The largest absolute Gasteiger partial charge is 0.451 e. The molecule has 1 aromatic heterocycles. The number of nitrogen functional groups attached to an aromatic ring is 1. The first-order valence-corrected chi connectivity index (χ1v) is 8.74. The van der Waals surface area contributed by atoms with Crippen molar-refractivity contribution in [2.75, 3.05) is 11.1 Å². The molecular formula is C17H13ClIN3O2. The summed E-state index contributed by atoms with van der Waals surface area (Å²) in [5.41, 5.74) is 9.21. The molecule has 5 nitrogen and oxygen atoms in total. The maximum Gasteiger partial charge on any atom is 0.238 e. The Balaban J connectivity index is 1.85. The fourth-order valence-corrected chi connectivity index (χ4v) is 3.65. The van der Waals surface area contributed by atoms with Crippen LogP contribution in [0, 0.1) is 3.57 Å². The van der Waals surface area contributed by atoms with Crippen LogP contribution in [0.1, 0.15) is 6.92 Å². The van der Waals surface area contributed by atoms with Gasteiger partial charge in [0, 0.05) is 27.0 Å². The van der Waals surface area contributed by atoms with Crippen LogP contribution in [0.2, 0.25) is 5.02 Å². The molecule has 0 saturated heterocycles. The topological polar surface area (TPSA) is 69.4 Å². The van der Waals surface area contributed by atoms with Gasteiger partial charge in [-0.2, -0.15) is 0 Å². The lowest BCUT2D eigenvalue weighted by Gasteiger charge is -2.14. The molecule has 3 aromatic rings. The monoisotopic (exact) mass is 453 g/mol. The predicted molar refractivity (Wildman–Crippen MR) is 104 cm³/mol. The molecule has 7 heteroatoms. The van der Waals surface area contributed by atoms with Crippen LogP contribution < -0.4 is 20.5 Å². The molecule has 1 atom stereocenters. The van der Waals surface area contributed by atoms with Crippen molar-refractivity contribution < 1.29 is 9.47 Å². The molecule has 0 spiro atoms. The van der Waals surface area contributed by atoms with Crippen LogP contribution in [0.15, 0.2) is 36.5 Å². The molecule has 1 aliphatic heterocycles. The van der Waals surface area contributed by atoms with Crippen molar-refractivity contribution in [1.29, 1.82) is 0 Å². The number of anilines is 3. The Morgan fingerprint density at radius 1 is 1.21 bits per heavy atom. The van der Waals surface area contributed by atoms with Gasteiger partial charge in [-0.3, -0.25) is 4.98 Å². The van der Waals surface area contributed by atoms with Crippen LogP contribution >= 0.6 is 34.2 Å². The van der Waals surface area contributed by atoms with Gasteiger partial charge in [0.15, 0.2) is 11.5 Å². The van der Waals surface area contributed by atoms with E-state index in [9.17, 15) is 0 Å². The highest BCUT2D eigenvalue weighted by atomic mass is 127. The van der Waals surface area contributed by atoms with Crippen LogP contribution in [-0.4, -0.2) is 11.3 Å². The Hall–Kier alpha value is -1.93. The summed E-state index contributed by atoms with van der Waals surface area (Å²) in [5, 5.41) is 4.95. The molecule has 24 heavy (non-hydrogen) atoms. The lowest BCUT2D eigenvalue weighted by molar-refractivity contribution is 0.0679. The second-order valence-electron chi connectivity index (χ2n) is 5.46. The number of halogens is 2. The summed E-state index contributed by atoms with van der Waals surface area (Å²) in [7, 11) is 0. The Bertz CT molecular complexity index is 964. The van der Waals surface area contributed by atoms with E-state index >= 15 is 0 Å². The first-order chi connectivity index (χ1) is 11.5. The molecule has 1 aliphatic rings. The summed E-state index contributed by atoms with van der Waals surface area (Å²) in [4.78, 5) is 4.40. The van der Waals surface area contributed by atoms with E-state index in [1.54, 1.807) is 6.20 Å². The van der Waals surface area contributed by atoms with Gasteiger partial charge in [-0.05, 0) is 46.9 Å². The van der Waals surface area contributed by atoms with Crippen molar-refractivity contribution in [1.82, 2.24) is 4.98 Å². The van der Waals surface area contributed by atoms with Gasteiger partial charge < -0.3 is 20.5 Å². The third-order valence-electron chi connectivity index (χ3n) is 3.74. The highest BCUT2D eigenvalue weighted by Gasteiger charge is 2.22. The highest BCUT2D eigenvalue weighted by Crippen LogP contribution is 2.41. The quantitative estimate of drug-likeness (QED) is 0.538. The minimum atomic E-state index is -0.303. The summed E-state index contributed by atoms with van der Waals surface area (Å²) in [6, 6.07) is 9.42. The van der Waals surface area contributed by atoms with E-state index in [0.717, 1.165) is 25.8 Å². The van der Waals surface area contributed by atoms with Crippen molar-refractivity contribution in [3.8, 4) is 11.5 Å². The molecule has 0 fully saturated rings. The van der Waals surface area contributed by atoms with E-state index in [2.05, 4.69) is 32.9 Å². The van der Waals surface area contributed by atoms with Crippen LogP contribution in [0.25, 0.3) is 10.9 Å². The van der Waals surface area contributed by atoms with E-state index in [4.69, 9.17) is 26.8 Å². The summed E-state index contributed by atoms with van der Waals surface area (Å²) in [6.07, 6.45) is 1.33. The smallest absolute Gasteiger partial charge is 0.238 e. The van der Waals surface area contributed by atoms with Crippen LogP contribution in [-0.2, 0) is 0 Å². The van der Waals surface area contributed by atoms with Crippen molar-refractivity contribution in [3.63, 3.8) is 0 Å². The number of rotatable bonds is 2. The first-order valence-electron chi connectivity index (χ1n) is 7.29. The number of nitrogens with zero attached hydrogens (tertiary/aromatic N) is 1. The molecule has 0 bridgehead atoms. The molecular weight excluding hydrogens is 441 g/mol. The second kappa shape index (κ2) is 5.86. The lowest BCUT2D eigenvalue weighted by atomic mass is 10.1. The fourth-order valence-electron chi connectivity index (χ4n) is 2.65. The molecule has 4 rings (SSSR count). The fraction of sp³-hybridized carbons (Fsp3) is 0.118. The van der Waals surface area contributed by atoms with Gasteiger partial charge >= 0.3 is 0 Å². The third kappa shape index (κ3) is 2.69. The number of hydrogen-bond donors (Lipinski definition) is 2. The molecule has 2 aromatic carbocycles. The molecule has 0 amide bonds. The zero-order valence-electron chi connectivity index (χ0n) is 12.6. The standard InChI is InChI=1S/C17H13ClIN3O2/c1-8-23-15-5-10-14(6-16(15)24-8)21-7-12(20)17(10)22-13-3-2-9(18)4-11(13)19/h2-8H,20H2,1H3,(H,21,22). The molecule has 0 saturated carbocycles. The van der Waals surface area contributed by atoms with Gasteiger partial charge in [0.2, 0.25) is 6.29 Å². The van der Waals surface area contributed by atoms with Crippen molar-refractivity contribution >= 4 is 62.2 Å². The summed E-state index contributed by atoms with van der Waals surface area (Å²) < 4.78 is 12.3. The number of pyridine rings is 1. The van der Waals surface area contributed by atoms with Crippen LogP contribution in [0.3, 0.4) is 0 Å². The summed E-state index contributed by atoms with van der Waals surface area (Å²) in [6.45, 7) is 1.85. The number of nitrogens with one attached hydrogen (secondary N) is 1. The van der Waals surface area contributed by atoms with E-state index in [0.29, 0.717) is 22.2 Å². The zero-order valence-corrected chi connectivity index (χ0v) is 15.6. The molecule has 2 heterocycles. The van der Waals surface area contributed by atoms with Crippen molar-refractivity contribution in [2.45, 2.75) is 13.2 Å². The van der Waals surface area contributed by atoms with Gasteiger partial charge in [-0.1, -0.05) is 11.6 Å². The predicted octanol–water partition coefficient (Wildman–Crippen LogP) is 4.94. The maximum absolute atomic E-state index is 6.16. The number of nitrogens with two attached hydrogens (primary N) is 1. The number of benzene rings is 2. The van der Waals surface area contributed by atoms with Crippen molar-refractivity contribution in [2.24, 2.45) is 0 Å². The number of fused-ring (bicyclic) bond motifs is 2. The number of hydrogen-bond acceptors (Lipinski definition) is 5. The Morgan fingerprint density at radius 2 is 1.96 bits per heavy atom. The Labute approximate surface area is 157 Å². The average Bonchev–Trinajstić information content (AvgIpc) is 2.89. The maximum atomic E-state index is 6.16. The van der Waals surface area contributed by atoms with E-state index in [-0.39, 0.29) is 6.29 Å². The Kier molecular flexibility index (Phi) is 3.80. The van der Waals surface area contributed by atoms with E-state index in [1.807, 2.05) is 37.3 Å². The van der Waals surface area contributed by atoms with Gasteiger partial charge in [-0.25, -0.2) is 0 Å². The van der Waals surface area contributed by atoms with Crippen molar-refractivity contribution in [3.05, 3.63) is 45.1 Å². The van der Waals surface area contributed by atoms with Gasteiger partial charge in [0.25, 0.3) is 0 Å². The third-order valence-corrected chi connectivity index (χ3v) is 4.87. The van der Waals surface area contributed by atoms with Gasteiger partial charge in [0.05, 0.1) is 28.8 Å². The molecule has 1 unspecified atom stereocenters. The SMILES string of the molecule is CC1Oc2cc3ncc(N)c(Nc4ccc(Cl)cc4I)c3cc2O1. The lowest BCUT2D eigenvalue weighted by Crippen LogP contribution is -2.11. The Morgan fingerprint density at radius 3 is 2.71 bits per heavy atom. The average molecular weight is 454 g/mol. The van der Waals surface area contributed by atoms with Crippen LogP contribution in [0.4, 0.5) is 17.1 Å². The highest BCUT2D eigenvalue weighted by molar-refractivity contribution is 14.1. The summed E-state index contributed by atoms with van der Waals surface area (Å²) in [5.74, 6) is 1.38. The molecule has 3 N–H and O–H groups in total. The van der Waals surface area contributed by atoms with E-state index in [1.165, 1.54) is 0 Å². The molecule has 122 valence electrons. The number of ether oxygens (including phenoxy) is 2. The minimum absolute atomic E-state index is 0.303.